The maximum atomic E-state index is 5.93. The van der Waals surface area contributed by atoms with Gasteiger partial charge >= 0.3 is 0 Å². The molecule has 2 heterocycles. The third-order valence-corrected chi connectivity index (χ3v) is 3.30. The van der Waals surface area contributed by atoms with Gasteiger partial charge in [-0.3, -0.25) is 4.98 Å². The number of aromatic nitrogens is 2. The molecule has 1 aliphatic heterocycles. The summed E-state index contributed by atoms with van der Waals surface area (Å²) < 4.78 is 5.93. The van der Waals surface area contributed by atoms with Crippen LogP contribution >= 0.6 is 0 Å². The van der Waals surface area contributed by atoms with Crippen molar-refractivity contribution in [3.8, 4) is 0 Å². The number of hydrogen-bond acceptors (Lipinski definition) is 5. The molecule has 0 radical (unpaired) electrons. The Morgan fingerprint density at radius 1 is 1.45 bits per heavy atom. The topological polar surface area (TPSA) is 50.3 Å². The Morgan fingerprint density at radius 3 is 2.95 bits per heavy atom. The lowest BCUT2D eigenvalue weighted by atomic mass is 10.1. The molecule has 1 N–H and O–H groups in total. The Bertz CT molecular complexity index is 436. The Hall–Kier alpha value is -1.20. The Labute approximate surface area is 121 Å². The fraction of sp³-hybridized carbons (Fsp3) is 0.733. The van der Waals surface area contributed by atoms with Crippen molar-refractivity contribution in [2.45, 2.75) is 52.4 Å². The van der Waals surface area contributed by atoms with Crippen molar-refractivity contribution in [1.82, 2.24) is 15.3 Å². The van der Waals surface area contributed by atoms with E-state index in [2.05, 4.69) is 42.9 Å². The highest BCUT2D eigenvalue weighted by Crippen LogP contribution is 2.24. The summed E-state index contributed by atoms with van der Waals surface area (Å²) in [7, 11) is 0. The quantitative estimate of drug-likeness (QED) is 0.835. The van der Waals surface area contributed by atoms with Crippen molar-refractivity contribution < 1.29 is 4.74 Å². The summed E-state index contributed by atoms with van der Waals surface area (Å²) in [5, 5.41) is 3.36. The molecule has 1 fully saturated rings. The molecule has 0 aliphatic carbocycles. The van der Waals surface area contributed by atoms with Gasteiger partial charge in [0, 0.05) is 25.8 Å². The molecule has 20 heavy (non-hydrogen) atoms. The van der Waals surface area contributed by atoms with Crippen molar-refractivity contribution in [2.75, 3.05) is 24.5 Å². The molecule has 1 saturated heterocycles. The molecule has 2 rings (SSSR count). The zero-order chi connectivity index (χ0) is 14.6. The zero-order valence-corrected chi connectivity index (χ0v) is 13.0. The first-order chi connectivity index (χ1) is 9.50. The van der Waals surface area contributed by atoms with Gasteiger partial charge in [0.2, 0.25) is 0 Å². The van der Waals surface area contributed by atoms with E-state index in [1.807, 2.05) is 12.4 Å². The van der Waals surface area contributed by atoms with Crippen LogP contribution in [0.5, 0.6) is 0 Å². The Balaban J connectivity index is 2.06. The van der Waals surface area contributed by atoms with Crippen LogP contribution in [0.4, 0.5) is 5.82 Å². The lowest BCUT2D eigenvalue weighted by Crippen LogP contribution is -2.52. The first kappa shape index (κ1) is 15.2. The van der Waals surface area contributed by atoms with E-state index in [9.17, 15) is 0 Å². The standard InChI is InChI=1S/C15H26N4O/c1-5-6-16-7-13-8-17-9-14(18-13)19-10-12(2)20-15(3,4)11-19/h8-9,12,16H,5-7,10-11H2,1-4H3. The fourth-order valence-electron chi connectivity index (χ4n) is 2.65. The van der Waals surface area contributed by atoms with E-state index in [1.165, 1.54) is 0 Å². The average molecular weight is 278 g/mol. The zero-order valence-electron chi connectivity index (χ0n) is 13.0. The van der Waals surface area contributed by atoms with E-state index in [4.69, 9.17) is 9.72 Å². The highest BCUT2D eigenvalue weighted by Gasteiger charge is 2.32. The summed E-state index contributed by atoms with van der Waals surface area (Å²) >= 11 is 0. The Morgan fingerprint density at radius 2 is 2.25 bits per heavy atom. The average Bonchev–Trinajstić information content (AvgIpc) is 2.37. The lowest BCUT2D eigenvalue weighted by molar-refractivity contribution is -0.0751. The number of nitrogens with zero attached hydrogens (tertiary/aromatic N) is 3. The molecule has 0 bridgehead atoms. The van der Waals surface area contributed by atoms with Gasteiger partial charge in [-0.2, -0.15) is 0 Å². The highest BCUT2D eigenvalue weighted by molar-refractivity contribution is 5.38. The molecule has 0 saturated carbocycles. The number of ether oxygens (including phenoxy) is 1. The Kier molecular flexibility index (Phi) is 4.94. The van der Waals surface area contributed by atoms with Crippen LogP contribution in [0.1, 0.15) is 39.8 Å². The number of hydrogen-bond donors (Lipinski definition) is 1. The monoisotopic (exact) mass is 278 g/mol. The van der Waals surface area contributed by atoms with E-state index in [0.717, 1.165) is 44.1 Å². The fourth-order valence-corrected chi connectivity index (χ4v) is 2.65. The normalized spacial score (nSPS) is 22.0. The van der Waals surface area contributed by atoms with Crippen molar-refractivity contribution in [1.29, 1.82) is 0 Å². The van der Waals surface area contributed by atoms with Crippen LogP contribution in [0.2, 0.25) is 0 Å². The number of anilines is 1. The molecule has 0 aromatic carbocycles. The first-order valence-electron chi connectivity index (χ1n) is 7.44. The molecule has 1 atom stereocenters. The van der Waals surface area contributed by atoms with E-state index in [-0.39, 0.29) is 11.7 Å². The van der Waals surface area contributed by atoms with Gasteiger partial charge in [0.1, 0.15) is 5.82 Å². The summed E-state index contributed by atoms with van der Waals surface area (Å²) in [5.74, 6) is 0.948. The summed E-state index contributed by atoms with van der Waals surface area (Å²) in [6, 6.07) is 0. The number of morpholine rings is 1. The molecule has 112 valence electrons. The molecule has 5 heteroatoms. The van der Waals surface area contributed by atoms with E-state index >= 15 is 0 Å². The third kappa shape index (κ3) is 4.15. The largest absolute Gasteiger partial charge is 0.369 e. The van der Waals surface area contributed by atoms with Gasteiger partial charge in [-0.25, -0.2) is 4.98 Å². The van der Waals surface area contributed by atoms with Gasteiger partial charge in [0.15, 0.2) is 0 Å². The van der Waals surface area contributed by atoms with Crippen LogP contribution in [0.3, 0.4) is 0 Å². The molecular weight excluding hydrogens is 252 g/mol. The molecule has 5 nitrogen and oxygen atoms in total. The maximum Gasteiger partial charge on any atom is 0.147 e. The van der Waals surface area contributed by atoms with Gasteiger partial charge in [0.05, 0.1) is 23.6 Å². The van der Waals surface area contributed by atoms with E-state index in [0.29, 0.717) is 0 Å². The predicted molar refractivity (Wildman–Crippen MR) is 80.9 cm³/mol. The number of nitrogens with one attached hydrogen (secondary N) is 1. The minimum Gasteiger partial charge on any atom is -0.369 e. The van der Waals surface area contributed by atoms with Crippen LogP contribution in [0.15, 0.2) is 12.4 Å². The van der Waals surface area contributed by atoms with Crippen LogP contribution in [0, 0.1) is 0 Å². The minimum absolute atomic E-state index is 0.143. The second-order valence-electron chi connectivity index (χ2n) is 6.11. The van der Waals surface area contributed by atoms with E-state index in [1.54, 1.807) is 0 Å². The van der Waals surface area contributed by atoms with Crippen LogP contribution in [-0.2, 0) is 11.3 Å². The summed E-state index contributed by atoms with van der Waals surface area (Å²) in [6.45, 7) is 12.0. The van der Waals surface area contributed by atoms with Crippen LogP contribution in [0.25, 0.3) is 0 Å². The van der Waals surface area contributed by atoms with Crippen LogP contribution in [-0.4, -0.2) is 41.3 Å². The van der Waals surface area contributed by atoms with Gasteiger partial charge in [-0.1, -0.05) is 6.92 Å². The second-order valence-corrected chi connectivity index (χ2v) is 6.11. The lowest BCUT2D eigenvalue weighted by Gasteiger charge is -2.42. The molecule has 0 amide bonds. The van der Waals surface area contributed by atoms with Gasteiger partial charge in [0.25, 0.3) is 0 Å². The molecule has 1 unspecified atom stereocenters. The van der Waals surface area contributed by atoms with Gasteiger partial charge in [-0.15, -0.1) is 0 Å². The highest BCUT2D eigenvalue weighted by atomic mass is 16.5. The van der Waals surface area contributed by atoms with Gasteiger partial charge < -0.3 is 15.0 Å². The number of rotatable bonds is 5. The van der Waals surface area contributed by atoms with Crippen molar-refractivity contribution >= 4 is 5.82 Å². The van der Waals surface area contributed by atoms with Crippen LogP contribution < -0.4 is 10.2 Å². The van der Waals surface area contributed by atoms with Crippen molar-refractivity contribution in [3.05, 3.63) is 18.1 Å². The molecule has 1 aromatic rings. The molecule has 1 aromatic heterocycles. The summed E-state index contributed by atoms with van der Waals surface area (Å²) in [6.07, 6.45) is 5.02. The van der Waals surface area contributed by atoms with E-state index < -0.39 is 0 Å². The smallest absolute Gasteiger partial charge is 0.147 e. The molecular formula is C15H26N4O. The third-order valence-electron chi connectivity index (χ3n) is 3.30. The molecule has 0 spiro atoms. The molecule has 1 aliphatic rings. The summed E-state index contributed by atoms with van der Waals surface area (Å²) in [4.78, 5) is 11.3. The second kappa shape index (κ2) is 6.50. The predicted octanol–water partition coefficient (Wildman–Crippen LogP) is 1.98. The summed E-state index contributed by atoms with van der Waals surface area (Å²) in [5.41, 5.74) is 0.850. The van der Waals surface area contributed by atoms with Crippen molar-refractivity contribution in [3.63, 3.8) is 0 Å². The van der Waals surface area contributed by atoms with Crippen molar-refractivity contribution in [2.24, 2.45) is 0 Å². The maximum absolute atomic E-state index is 5.93. The first-order valence-corrected chi connectivity index (χ1v) is 7.44. The minimum atomic E-state index is -0.143. The van der Waals surface area contributed by atoms with Gasteiger partial charge in [-0.05, 0) is 33.7 Å². The SMILES string of the molecule is CCCNCc1cncc(N2CC(C)OC(C)(C)C2)n1.